The Morgan fingerprint density at radius 3 is 2.05 bits per heavy atom. The van der Waals surface area contributed by atoms with Gasteiger partial charge in [-0.3, -0.25) is 19.2 Å². The maximum Gasteiger partial charge on any atom is 0.316 e. The summed E-state index contributed by atoms with van der Waals surface area (Å²) in [5, 5.41) is 0. The SMILES string of the molecule is CCOC(=O)C(CC(C)=O)C(=O)C1(CC(C)=O)CCCC1. The van der Waals surface area contributed by atoms with Crippen molar-refractivity contribution in [2.45, 2.75) is 59.3 Å². The predicted octanol–water partition coefficient (Wildman–Crippen LogP) is 2.25. The first kappa shape index (κ1) is 17.5. The van der Waals surface area contributed by atoms with Gasteiger partial charge in [-0.1, -0.05) is 12.8 Å². The lowest BCUT2D eigenvalue weighted by atomic mass is 9.72. The lowest BCUT2D eigenvalue weighted by molar-refractivity contribution is -0.156. The highest BCUT2D eigenvalue weighted by molar-refractivity contribution is 6.06. The second kappa shape index (κ2) is 7.48. The van der Waals surface area contributed by atoms with Gasteiger partial charge in [-0.2, -0.15) is 0 Å². The molecule has 0 amide bonds. The highest BCUT2D eigenvalue weighted by Gasteiger charge is 2.47. The van der Waals surface area contributed by atoms with E-state index < -0.39 is 17.3 Å². The molecule has 0 spiro atoms. The minimum Gasteiger partial charge on any atom is -0.465 e. The number of carbonyl (C=O) groups excluding carboxylic acids is 4. The van der Waals surface area contributed by atoms with Crippen molar-refractivity contribution in [1.82, 2.24) is 0 Å². The summed E-state index contributed by atoms with van der Waals surface area (Å²) < 4.78 is 4.94. The minimum absolute atomic E-state index is 0.0596. The zero-order valence-corrected chi connectivity index (χ0v) is 13.1. The molecule has 5 heteroatoms. The van der Waals surface area contributed by atoms with Gasteiger partial charge in [0, 0.05) is 18.3 Å². The number of carbonyl (C=O) groups is 4. The van der Waals surface area contributed by atoms with E-state index >= 15 is 0 Å². The van der Waals surface area contributed by atoms with Crippen LogP contribution >= 0.6 is 0 Å². The second-order valence-electron chi connectivity index (χ2n) is 5.94. The molecule has 1 aliphatic carbocycles. The standard InChI is InChI=1S/C16H24O5/c1-4-21-15(20)13(9-11(2)17)14(19)16(10-12(3)18)7-5-6-8-16/h13H,4-10H2,1-3H3. The summed E-state index contributed by atoms with van der Waals surface area (Å²) in [6, 6.07) is 0. The van der Waals surface area contributed by atoms with E-state index in [-0.39, 0.29) is 36.8 Å². The average Bonchev–Trinajstić information content (AvgIpc) is 2.84. The van der Waals surface area contributed by atoms with Crippen LogP contribution in [0.15, 0.2) is 0 Å². The van der Waals surface area contributed by atoms with Crippen molar-refractivity contribution < 1.29 is 23.9 Å². The first-order valence-corrected chi connectivity index (χ1v) is 7.52. The van der Waals surface area contributed by atoms with Gasteiger partial charge >= 0.3 is 5.97 Å². The van der Waals surface area contributed by atoms with Gasteiger partial charge in [0.25, 0.3) is 0 Å². The van der Waals surface area contributed by atoms with Crippen LogP contribution < -0.4 is 0 Å². The summed E-state index contributed by atoms with van der Waals surface area (Å²) >= 11 is 0. The Labute approximate surface area is 125 Å². The Bertz CT molecular complexity index is 432. The molecular weight excluding hydrogens is 272 g/mol. The molecule has 0 aromatic heterocycles. The van der Waals surface area contributed by atoms with E-state index in [9.17, 15) is 19.2 Å². The molecule has 0 aliphatic heterocycles. The maximum atomic E-state index is 12.8. The molecule has 118 valence electrons. The Morgan fingerprint density at radius 1 is 1.05 bits per heavy atom. The van der Waals surface area contributed by atoms with Crippen LogP contribution in [0, 0.1) is 11.3 Å². The number of hydrogen-bond acceptors (Lipinski definition) is 5. The van der Waals surface area contributed by atoms with Crippen molar-refractivity contribution >= 4 is 23.3 Å². The monoisotopic (exact) mass is 296 g/mol. The fraction of sp³-hybridized carbons (Fsp3) is 0.750. The number of ether oxygens (including phenoxy) is 1. The number of rotatable bonds is 8. The summed E-state index contributed by atoms with van der Waals surface area (Å²) in [5.41, 5.74) is -0.779. The minimum atomic E-state index is -1.07. The fourth-order valence-electron chi connectivity index (χ4n) is 3.22. The third-order valence-corrected chi connectivity index (χ3v) is 4.05. The topological polar surface area (TPSA) is 77.5 Å². The van der Waals surface area contributed by atoms with Crippen molar-refractivity contribution in [3.05, 3.63) is 0 Å². The molecule has 0 radical (unpaired) electrons. The molecule has 0 bridgehead atoms. The molecular formula is C16H24O5. The highest BCUT2D eigenvalue weighted by atomic mass is 16.5. The zero-order valence-electron chi connectivity index (χ0n) is 13.1. The van der Waals surface area contributed by atoms with Crippen LogP contribution in [-0.2, 0) is 23.9 Å². The fourth-order valence-corrected chi connectivity index (χ4v) is 3.22. The average molecular weight is 296 g/mol. The molecule has 0 saturated heterocycles. The molecule has 1 fully saturated rings. The van der Waals surface area contributed by atoms with E-state index in [2.05, 4.69) is 0 Å². The van der Waals surface area contributed by atoms with Crippen LogP contribution in [0.3, 0.4) is 0 Å². The summed E-state index contributed by atoms with van der Waals surface area (Å²) in [6.45, 7) is 4.64. The van der Waals surface area contributed by atoms with E-state index in [4.69, 9.17) is 4.74 Å². The maximum absolute atomic E-state index is 12.8. The molecule has 21 heavy (non-hydrogen) atoms. The van der Waals surface area contributed by atoms with Crippen LogP contribution in [0.1, 0.15) is 59.3 Å². The van der Waals surface area contributed by atoms with E-state index in [1.165, 1.54) is 13.8 Å². The molecule has 0 aromatic carbocycles. The summed E-state index contributed by atoms with van der Waals surface area (Å²) in [4.78, 5) is 47.8. The number of Topliss-reactive ketones (excluding diaryl/α,β-unsaturated/α-hetero) is 3. The Morgan fingerprint density at radius 2 is 1.62 bits per heavy atom. The third kappa shape index (κ3) is 4.48. The summed E-state index contributed by atoms with van der Waals surface area (Å²) in [6.07, 6.45) is 2.97. The predicted molar refractivity (Wildman–Crippen MR) is 76.6 cm³/mol. The lowest BCUT2D eigenvalue weighted by Crippen LogP contribution is -2.40. The molecule has 1 aliphatic rings. The van der Waals surface area contributed by atoms with Crippen LogP contribution in [0.4, 0.5) is 0 Å². The van der Waals surface area contributed by atoms with E-state index in [1.807, 2.05) is 0 Å². The van der Waals surface area contributed by atoms with Crippen molar-refractivity contribution in [2.75, 3.05) is 6.61 Å². The van der Waals surface area contributed by atoms with Gasteiger partial charge in [0.2, 0.25) is 0 Å². The Balaban J connectivity index is 3.02. The molecule has 1 saturated carbocycles. The van der Waals surface area contributed by atoms with Gasteiger partial charge in [0.05, 0.1) is 6.61 Å². The second-order valence-corrected chi connectivity index (χ2v) is 5.94. The van der Waals surface area contributed by atoms with Gasteiger partial charge < -0.3 is 4.74 Å². The number of ketones is 3. The number of esters is 1. The lowest BCUT2D eigenvalue weighted by Gasteiger charge is -2.29. The Kier molecular flexibility index (Phi) is 6.24. The van der Waals surface area contributed by atoms with Gasteiger partial charge in [-0.25, -0.2) is 0 Å². The third-order valence-electron chi connectivity index (χ3n) is 4.05. The van der Waals surface area contributed by atoms with Crippen LogP contribution in [-0.4, -0.2) is 29.9 Å². The molecule has 1 unspecified atom stereocenters. The molecule has 5 nitrogen and oxygen atoms in total. The zero-order chi connectivity index (χ0) is 16.0. The van der Waals surface area contributed by atoms with Gasteiger partial charge in [0.1, 0.15) is 17.5 Å². The highest BCUT2D eigenvalue weighted by Crippen LogP contribution is 2.44. The van der Waals surface area contributed by atoms with Crippen molar-refractivity contribution in [3.8, 4) is 0 Å². The van der Waals surface area contributed by atoms with Crippen LogP contribution in [0.25, 0.3) is 0 Å². The smallest absolute Gasteiger partial charge is 0.316 e. The van der Waals surface area contributed by atoms with E-state index in [1.54, 1.807) is 6.92 Å². The van der Waals surface area contributed by atoms with Gasteiger partial charge in [-0.15, -0.1) is 0 Å². The first-order valence-electron chi connectivity index (χ1n) is 7.52. The molecule has 0 heterocycles. The quantitative estimate of drug-likeness (QED) is 0.507. The summed E-state index contributed by atoms with van der Waals surface area (Å²) in [5.74, 6) is -2.29. The van der Waals surface area contributed by atoms with Crippen molar-refractivity contribution in [1.29, 1.82) is 0 Å². The molecule has 1 atom stereocenters. The molecule has 1 rings (SSSR count). The number of hydrogen-bond donors (Lipinski definition) is 0. The van der Waals surface area contributed by atoms with Crippen LogP contribution in [0.5, 0.6) is 0 Å². The van der Waals surface area contributed by atoms with Gasteiger partial charge in [-0.05, 0) is 33.6 Å². The van der Waals surface area contributed by atoms with Crippen molar-refractivity contribution in [2.24, 2.45) is 11.3 Å². The largest absolute Gasteiger partial charge is 0.465 e. The van der Waals surface area contributed by atoms with E-state index in [0.717, 1.165) is 12.8 Å². The van der Waals surface area contributed by atoms with E-state index in [0.29, 0.717) is 12.8 Å². The first-order chi connectivity index (χ1) is 9.82. The molecule has 0 aromatic rings. The normalized spacial score (nSPS) is 18.0. The summed E-state index contributed by atoms with van der Waals surface area (Å²) in [7, 11) is 0. The van der Waals surface area contributed by atoms with Crippen LogP contribution in [0.2, 0.25) is 0 Å². The van der Waals surface area contributed by atoms with Crippen molar-refractivity contribution in [3.63, 3.8) is 0 Å². The molecule has 0 N–H and O–H groups in total. The van der Waals surface area contributed by atoms with Gasteiger partial charge in [0.15, 0.2) is 5.78 Å². The Hall–Kier alpha value is -1.52.